The van der Waals surface area contributed by atoms with Crippen molar-refractivity contribution in [1.82, 2.24) is 10.2 Å². The van der Waals surface area contributed by atoms with Crippen LogP contribution in [0.4, 0.5) is 0 Å². The van der Waals surface area contributed by atoms with E-state index in [1.54, 1.807) is 0 Å². The standard InChI is InChI=1S/C18H30N2S/c1-14(2)20-12-6-5-7-16(13-19-3)18(20)15-8-10-17(21-4)11-9-15/h8-11,14,16,18-19H,5-7,12-13H2,1-4H3. The molecule has 118 valence electrons. The number of nitrogens with zero attached hydrogens (tertiary/aromatic N) is 1. The van der Waals surface area contributed by atoms with Gasteiger partial charge in [0.25, 0.3) is 0 Å². The molecular weight excluding hydrogens is 276 g/mol. The maximum atomic E-state index is 3.42. The van der Waals surface area contributed by atoms with Gasteiger partial charge in [0, 0.05) is 17.0 Å². The molecule has 0 bridgehead atoms. The van der Waals surface area contributed by atoms with Gasteiger partial charge in [0.15, 0.2) is 0 Å². The lowest BCUT2D eigenvalue weighted by Gasteiger charge is -2.38. The smallest absolute Gasteiger partial charge is 0.0391 e. The summed E-state index contributed by atoms with van der Waals surface area (Å²) in [6.45, 7) is 7.01. The van der Waals surface area contributed by atoms with Crippen LogP contribution in [0, 0.1) is 5.92 Å². The maximum absolute atomic E-state index is 3.42. The minimum Gasteiger partial charge on any atom is -0.319 e. The fourth-order valence-corrected chi connectivity index (χ4v) is 4.00. The van der Waals surface area contributed by atoms with Crippen molar-refractivity contribution in [2.75, 3.05) is 26.4 Å². The Balaban J connectivity index is 2.32. The van der Waals surface area contributed by atoms with Crippen LogP contribution in [0.5, 0.6) is 0 Å². The number of benzene rings is 1. The van der Waals surface area contributed by atoms with Crippen LogP contribution in [0.1, 0.15) is 44.7 Å². The molecule has 1 saturated heterocycles. The van der Waals surface area contributed by atoms with Crippen LogP contribution >= 0.6 is 11.8 Å². The number of thioether (sulfide) groups is 1. The Labute approximate surface area is 134 Å². The van der Waals surface area contributed by atoms with Crippen molar-refractivity contribution < 1.29 is 0 Å². The summed E-state index contributed by atoms with van der Waals surface area (Å²) in [5, 5.41) is 3.42. The molecule has 0 aromatic heterocycles. The summed E-state index contributed by atoms with van der Waals surface area (Å²) in [5.74, 6) is 0.708. The van der Waals surface area contributed by atoms with Crippen LogP contribution in [-0.4, -0.2) is 37.3 Å². The van der Waals surface area contributed by atoms with E-state index in [1.165, 1.54) is 36.3 Å². The average Bonchev–Trinajstić information content (AvgIpc) is 2.70. The minimum atomic E-state index is 0.552. The average molecular weight is 307 g/mol. The third-order valence-corrected chi connectivity index (χ3v) is 5.38. The highest BCUT2D eigenvalue weighted by molar-refractivity contribution is 7.98. The fourth-order valence-electron chi connectivity index (χ4n) is 3.59. The second-order valence-corrected chi connectivity index (χ2v) is 7.24. The van der Waals surface area contributed by atoms with E-state index in [9.17, 15) is 0 Å². The number of likely N-dealkylation sites (tertiary alicyclic amines) is 1. The summed E-state index contributed by atoms with van der Waals surface area (Å²) >= 11 is 1.82. The second-order valence-electron chi connectivity index (χ2n) is 6.36. The Kier molecular flexibility index (Phi) is 6.59. The van der Waals surface area contributed by atoms with Crippen LogP contribution in [0.3, 0.4) is 0 Å². The molecule has 1 heterocycles. The topological polar surface area (TPSA) is 15.3 Å². The highest BCUT2D eigenvalue weighted by atomic mass is 32.2. The summed E-state index contributed by atoms with van der Waals surface area (Å²) in [6.07, 6.45) is 6.16. The molecule has 2 unspecified atom stereocenters. The van der Waals surface area contributed by atoms with Gasteiger partial charge in [0.1, 0.15) is 0 Å². The van der Waals surface area contributed by atoms with Gasteiger partial charge in [-0.05, 0) is 76.7 Å². The zero-order chi connectivity index (χ0) is 15.2. The zero-order valence-electron chi connectivity index (χ0n) is 13.9. The molecule has 0 spiro atoms. The van der Waals surface area contributed by atoms with Crippen LogP contribution in [0.25, 0.3) is 0 Å². The Morgan fingerprint density at radius 1 is 1.24 bits per heavy atom. The van der Waals surface area contributed by atoms with Crippen molar-refractivity contribution in [2.24, 2.45) is 5.92 Å². The normalized spacial score (nSPS) is 24.2. The first kappa shape index (κ1) is 16.9. The first-order valence-electron chi connectivity index (χ1n) is 8.21. The molecule has 1 aromatic carbocycles. The van der Waals surface area contributed by atoms with Gasteiger partial charge in [-0.15, -0.1) is 11.8 Å². The lowest BCUT2D eigenvalue weighted by molar-refractivity contribution is 0.118. The lowest BCUT2D eigenvalue weighted by atomic mass is 9.88. The van der Waals surface area contributed by atoms with Crippen molar-refractivity contribution >= 4 is 11.8 Å². The van der Waals surface area contributed by atoms with E-state index in [4.69, 9.17) is 0 Å². The molecule has 2 atom stereocenters. The molecule has 1 aliphatic rings. The van der Waals surface area contributed by atoms with E-state index < -0.39 is 0 Å². The molecule has 2 rings (SSSR count). The van der Waals surface area contributed by atoms with Gasteiger partial charge in [0.05, 0.1) is 0 Å². The monoisotopic (exact) mass is 306 g/mol. The first-order chi connectivity index (χ1) is 10.2. The summed E-state index contributed by atoms with van der Waals surface area (Å²) < 4.78 is 0. The van der Waals surface area contributed by atoms with E-state index in [1.807, 2.05) is 11.8 Å². The largest absolute Gasteiger partial charge is 0.319 e. The van der Waals surface area contributed by atoms with Crippen LogP contribution in [0.2, 0.25) is 0 Å². The Hall–Kier alpha value is -0.510. The third-order valence-electron chi connectivity index (χ3n) is 4.63. The molecule has 1 N–H and O–H groups in total. The van der Waals surface area contributed by atoms with Gasteiger partial charge in [0.2, 0.25) is 0 Å². The molecule has 1 aromatic rings. The lowest BCUT2D eigenvalue weighted by Crippen LogP contribution is -2.40. The van der Waals surface area contributed by atoms with Crippen LogP contribution in [-0.2, 0) is 0 Å². The van der Waals surface area contributed by atoms with E-state index in [0.717, 1.165) is 6.54 Å². The number of nitrogens with one attached hydrogen (secondary N) is 1. The van der Waals surface area contributed by atoms with Gasteiger partial charge >= 0.3 is 0 Å². The van der Waals surface area contributed by atoms with Crippen molar-refractivity contribution in [1.29, 1.82) is 0 Å². The second kappa shape index (κ2) is 8.21. The molecule has 0 saturated carbocycles. The van der Waals surface area contributed by atoms with Crippen LogP contribution < -0.4 is 5.32 Å². The van der Waals surface area contributed by atoms with Crippen molar-refractivity contribution in [2.45, 2.75) is 50.1 Å². The summed E-state index contributed by atoms with van der Waals surface area (Å²) in [7, 11) is 2.08. The van der Waals surface area contributed by atoms with Crippen molar-refractivity contribution in [3.05, 3.63) is 29.8 Å². The van der Waals surface area contributed by atoms with Crippen molar-refractivity contribution in [3.8, 4) is 0 Å². The zero-order valence-corrected chi connectivity index (χ0v) is 14.7. The van der Waals surface area contributed by atoms with E-state index in [-0.39, 0.29) is 0 Å². The third kappa shape index (κ3) is 4.24. The molecule has 0 aliphatic carbocycles. The predicted octanol–water partition coefficient (Wildman–Crippen LogP) is 4.18. The molecular formula is C18H30N2S. The van der Waals surface area contributed by atoms with Crippen molar-refractivity contribution in [3.63, 3.8) is 0 Å². The molecule has 1 aliphatic heterocycles. The summed E-state index contributed by atoms with van der Waals surface area (Å²) in [6, 6.07) is 10.4. The molecule has 0 amide bonds. The predicted molar refractivity (Wildman–Crippen MR) is 94.1 cm³/mol. The van der Waals surface area contributed by atoms with Gasteiger partial charge in [-0.2, -0.15) is 0 Å². The van der Waals surface area contributed by atoms with E-state index in [0.29, 0.717) is 18.0 Å². The van der Waals surface area contributed by atoms with Gasteiger partial charge in [-0.25, -0.2) is 0 Å². The van der Waals surface area contributed by atoms with E-state index >= 15 is 0 Å². The Bertz CT molecular complexity index is 416. The van der Waals surface area contributed by atoms with Gasteiger partial charge in [-0.3, -0.25) is 4.90 Å². The fraction of sp³-hybridized carbons (Fsp3) is 0.667. The van der Waals surface area contributed by atoms with Gasteiger partial charge < -0.3 is 5.32 Å². The summed E-state index contributed by atoms with van der Waals surface area (Å²) in [4.78, 5) is 4.07. The van der Waals surface area contributed by atoms with Crippen LogP contribution in [0.15, 0.2) is 29.2 Å². The quantitative estimate of drug-likeness (QED) is 0.822. The van der Waals surface area contributed by atoms with Gasteiger partial charge in [-0.1, -0.05) is 18.6 Å². The molecule has 21 heavy (non-hydrogen) atoms. The van der Waals surface area contributed by atoms with E-state index in [2.05, 4.69) is 61.6 Å². The first-order valence-corrected chi connectivity index (χ1v) is 9.44. The highest BCUT2D eigenvalue weighted by Gasteiger charge is 2.31. The Morgan fingerprint density at radius 3 is 2.52 bits per heavy atom. The number of hydrogen-bond donors (Lipinski definition) is 1. The molecule has 1 fully saturated rings. The Morgan fingerprint density at radius 2 is 1.95 bits per heavy atom. The molecule has 3 heteroatoms. The molecule has 2 nitrogen and oxygen atoms in total. The highest BCUT2D eigenvalue weighted by Crippen LogP contribution is 2.36. The minimum absolute atomic E-state index is 0.552. The molecule has 0 radical (unpaired) electrons. The number of hydrogen-bond acceptors (Lipinski definition) is 3. The summed E-state index contributed by atoms with van der Waals surface area (Å²) in [5.41, 5.74) is 1.49. The number of rotatable bonds is 5. The SMILES string of the molecule is CNCC1CCCCN(C(C)C)C1c1ccc(SC)cc1. The maximum Gasteiger partial charge on any atom is 0.0391 e.